The second kappa shape index (κ2) is 13.3. The molecule has 274 valence electrons. The van der Waals surface area contributed by atoms with E-state index >= 15 is 0 Å². The summed E-state index contributed by atoms with van der Waals surface area (Å²) in [5.41, 5.74) is 13.0. The smallest absolute Gasteiger partial charge is 0.266 e. The molecule has 0 saturated heterocycles. The highest BCUT2D eigenvalue weighted by molar-refractivity contribution is 7.78. The van der Waals surface area contributed by atoms with Crippen molar-refractivity contribution >= 4 is 98.2 Å². The number of hydrogen-bond acceptors (Lipinski definition) is 8. The quantitative estimate of drug-likeness (QED) is 0.111. The highest BCUT2D eigenvalue weighted by Crippen LogP contribution is 2.44. The predicted molar refractivity (Wildman–Crippen MR) is 227 cm³/mol. The molecular weight excluding hydrogens is 737 g/mol. The number of thiocarbonyl (C=S) groups is 2. The predicted octanol–water partition coefficient (Wildman–Crippen LogP) is 10.2. The first-order valence-corrected chi connectivity index (χ1v) is 19.2. The van der Waals surface area contributed by atoms with E-state index in [4.69, 9.17) is 24.4 Å². The molecule has 4 aliphatic rings. The molecule has 5 aromatic rings. The second-order valence-electron chi connectivity index (χ2n) is 15.1. The van der Waals surface area contributed by atoms with Crippen LogP contribution in [-0.2, 0) is 12.8 Å². The number of aliphatic hydroxyl groups is 1. The number of allylic oxidation sites excluding steroid dienone is 2. The molecule has 2 aliphatic heterocycles. The van der Waals surface area contributed by atoms with E-state index in [-0.39, 0.29) is 23.6 Å². The molecule has 8 nitrogen and oxygen atoms in total. The molecule has 0 fully saturated rings. The van der Waals surface area contributed by atoms with Gasteiger partial charge in [-0.3, -0.25) is 19.3 Å². The van der Waals surface area contributed by atoms with Crippen LogP contribution in [0.3, 0.4) is 0 Å². The summed E-state index contributed by atoms with van der Waals surface area (Å²) >= 11 is 9.55. The fraction of sp³-hybridized carbons (Fsp3) is 0.196. The van der Waals surface area contributed by atoms with Crippen LogP contribution in [0.5, 0.6) is 0 Å². The molecule has 1 N–H and O–H groups in total. The second-order valence-corrected chi connectivity index (χ2v) is 15.5. The van der Waals surface area contributed by atoms with Gasteiger partial charge in [0.2, 0.25) is 0 Å². The Hall–Kier alpha value is -5.99. The van der Waals surface area contributed by atoms with Crippen molar-refractivity contribution in [1.82, 2.24) is 0 Å². The Morgan fingerprint density at radius 3 is 1.91 bits per heavy atom. The van der Waals surface area contributed by atoms with Gasteiger partial charge in [0.15, 0.2) is 6.23 Å². The van der Waals surface area contributed by atoms with E-state index in [0.29, 0.717) is 45.0 Å². The van der Waals surface area contributed by atoms with Gasteiger partial charge >= 0.3 is 0 Å². The van der Waals surface area contributed by atoms with Crippen molar-refractivity contribution in [2.24, 2.45) is 15.9 Å². The number of carbonyl (C=O) groups is 3. The first-order chi connectivity index (χ1) is 26.9. The van der Waals surface area contributed by atoms with Crippen LogP contribution in [0.4, 0.5) is 22.7 Å². The third-order valence-electron chi connectivity index (χ3n) is 11.6. The highest BCUT2D eigenvalue weighted by atomic mass is 32.1. The number of hydrogen-bond donors (Lipinski definition) is 1. The molecule has 0 saturated carbocycles. The summed E-state index contributed by atoms with van der Waals surface area (Å²) in [7, 11) is 0. The zero-order valence-electron chi connectivity index (χ0n) is 31.1. The molecule has 0 bridgehead atoms. The van der Waals surface area contributed by atoms with E-state index in [9.17, 15) is 19.5 Å². The van der Waals surface area contributed by atoms with Crippen molar-refractivity contribution in [2.45, 2.75) is 53.2 Å². The molecule has 56 heavy (non-hydrogen) atoms. The van der Waals surface area contributed by atoms with Crippen LogP contribution < -0.4 is 9.80 Å². The number of isothiocyanates is 2. The lowest BCUT2D eigenvalue weighted by molar-refractivity contribution is 0.0917. The number of rotatable bonds is 4. The third kappa shape index (κ3) is 5.57. The van der Waals surface area contributed by atoms with E-state index < -0.39 is 6.23 Å². The summed E-state index contributed by atoms with van der Waals surface area (Å²) in [6.45, 7) is 7.51. The Morgan fingerprint density at radius 1 is 0.661 bits per heavy atom. The standard InChI is InChI=1S/C46H34N4O4S2/c1-23-9-35(47-21-55)10-24(2)41(23)49-43(51)37-17-31-13-27-5-7-29-15-33-19-39-40(46(54)50(45(39)53)42-25(3)11-36(48-22-56)12-26(42)4)20-34(33)16-30(29)8-6-28(27)14-32(31)18-38(37)44(49)52/h5,7,9-15,17-20,30,44,52H,6,8,16H2,1-4H3/t30-,44?/m0/s1. The lowest BCUT2D eigenvalue weighted by atomic mass is 9.77. The summed E-state index contributed by atoms with van der Waals surface area (Å²) in [4.78, 5) is 52.6. The van der Waals surface area contributed by atoms with Crippen LogP contribution in [0.25, 0.3) is 22.9 Å². The van der Waals surface area contributed by atoms with Gasteiger partial charge in [0.1, 0.15) is 0 Å². The number of aryl methyl sites for hydroxylation is 5. The van der Waals surface area contributed by atoms with E-state index in [1.54, 1.807) is 12.1 Å². The van der Waals surface area contributed by atoms with Crippen molar-refractivity contribution in [3.8, 4) is 0 Å². The fourth-order valence-corrected chi connectivity index (χ4v) is 9.36. The first kappa shape index (κ1) is 35.7. The fourth-order valence-electron chi connectivity index (χ4n) is 9.15. The van der Waals surface area contributed by atoms with E-state index in [2.05, 4.69) is 50.7 Å². The van der Waals surface area contributed by atoms with Crippen LogP contribution in [0.1, 0.15) is 93.8 Å². The minimum absolute atomic E-state index is 0.225. The zero-order valence-corrected chi connectivity index (χ0v) is 32.7. The summed E-state index contributed by atoms with van der Waals surface area (Å²) < 4.78 is 0. The molecule has 0 spiro atoms. The maximum atomic E-state index is 13.9. The molecule has 3 amide bonds. The highest BCUT2D eigenvalue weighted by Gasteiger charge is 2.40. The van der Waals surface area contributed by atoms with Gasteiger partial charge < -0.3 is 5.11 Å². The molecule has 10 heteroatoms. The number of aliphatic hydroxyl groups excluding tert-OH is 1. The van der Waals surface area contributed by atoms with Crippen molar-refractivity contribution < 1.29 is 19.5 Å². The van der Waals surface area contributed by atoms with Crippen molar-refractivity contribution in [3.63, 3.8) is 0 Å². The Morgan fingerprint density at radius 2 is 1.27 bits per heavy atom. The Balaban J connectivity index is 1.03. The minimum Gasteiger partial charge on any atom is -0.369 e. The lowest BCUT2D eigenvalue weighted by Gasteiger charge is -2.27. The third-order valence-corrected chi connectivity index (χ3v) is 11.8. The molecule has 9 rings (SSSR count). The molecule has 2 aliphatic carbocycles. The number of anilines is 2. The van der Waals surface area contributed by atoms with E-state index in [1.165, 1.54) is 20.9 Å². The van der Waals surface area contributed by atoms with Crippen LogP contribution in [0, 0.1) is 33.6 Å². The van der Waals surface area contributed by atoms with Gasteiger partial charge in [-0.05, 0) is 193 Å². The largest absolute Gasteiger partial charge is 0.369 e. The average Bonchev–Trinajstić information content (AvgIpc) is 3.52. The van der Waals surface area contributed by atoms with Gasteiger partial charge in [0, 0.05) is 11.1 Å². The molecule has 2 heterocycles. The molecule has 0 radical (unpaired) electrons. The number of fused-ring (bicyclic) bond motifs is 6. The van der Waals surface area contributed by atoms with Gasteiger partial charge in [-0.25, -0.2) is 4.90 Å². The van der Waals surface area contributed by atoms with Crippen LogP contribution in [-0.4, -0.2) is 33.2 Å². The maximum absolute atomic E-state index is 13.9. The number of carbonyl (C=O) groups excluding carboxylic acids is 3. The van der Waals surface area contributed by atoms with Crippen molar-refractivity contribution in [2.75, 3.05) is 9.80 Å². The Kier molecular flexibility index (Phi) is 8.51. The van der Waals surface area contributed by atoms with Crippen molar-refractivity contribution in [1.29, 1.82) is 0 Å². The summed E-state index contributed by atoms with van der Waals surface area (Å²) in [5.74, 6) is -0.680. The average molecular weight is 771 g/mol. The summed E-state index contributed by atoms with van der Waals surface area (Å²) in [6, 6.07) is 19.2. The Bertz CT molecular complexity index is 2800. The normalized spacial score (nSPS) is 17.9. The van der Waals surface area contributed by atoms with Gasteiger partial charge in [-0.15, -0.1) is 0 Å². The van der Waals surface area contributed by atoms with Crippen LogP contribution in [0.15, 0.2) is 82.3 Å². The topological polar surface area (TPSA) is 103 Å². The monoisotopic (exact) mass is 770 g/mol. The van der Waals surface area contributed by atoms with E-state index in [0.717, 1.165) is 69.0 Å². The van der Waals surface area contributed by atoms with Gasteiger partial charge in [0.05, 0.1) is 44.2 Å². The molecule has 1 unspecified atom stereocenters. The molecule has 2 atom stereocenters. The van der Waals surface area contributed by atoms with Crippen LogP contribution >= 0.6 is 24.4 Å². The van der Waals surface area contributed by atoms with Crippen molar-refractivity contribution in [3.05, 3.63) is 139 Å². The van der Waals surface area contributed by atoms with E-state index in [1.807, 2.05) is 64.1 Å². The minimum atomic E-state index is -1.13. The summed E-state index contributed by atoms with van der Waals surface area (Å²) in [5, 5.41) is 18.2. The molecular formula is C46H34N4O4S2. The Labute approximate surface area is 334 Å². The SMILES string of the molecule is Cc1cc(N=C=S)cc(C)c1N1C(=O)c2cc3c(cc2C1=O)C[C@@H]1CCc2cc4cc5c(cc4cc2C=CC1=C3)C(=O)N(c1c(C)cc(N=C=S)cc1C)C5O. The number of imide groups is 1. The lowest BCUT2D eigenvalue weighted by Crippen LogP contribution is -2.30. The zero-order chi connectivity index (χ0) is 39.2. The van der Waals surface area contributed by atoms with Crippen LogP contribution in [0.2, 0.25) is 0 Å². The van der Waals surface area contributed by atoms with Gasteiger partial charge in [-0.2, -0.15) is 9.98 Å². The number of nitrogens with zero attached hydrogens (tertiary/aromatic N) is 4. The maximum Gasteiger partial charge on any atom is 0.266 e. The molecule has 0 aromatic heterocycles. The van der Waals surface area contributed by atoms with Gasteiger partial charge in [0.25, 0.3) is 17.7 Å². The van der Waals surface area contributed by atoms with Gasteiger partial charge in [-0.1, -0.05) is 24.3 Å². The number of aliphatic imine (C=N–C) groups is 2. The summed E-state index contributed by atoms with van der Waals surface area (Å²) in [6.07, 6.45) is 7.79. The number of amides is 3. The molecule has 5 aromatic carbocycles. The number of benzene rings is 5. The first-order valence-electron chi connectivity index (χ1n) is 18.4.